The summed E-state index contributed by atoms with van der Waals surface area (Å²) < 4.78 is 28.0. The molecule has 486 valence electrons. The van der Waals surface area contributed by atoms with Gasteiger partial charge in [0.1, 0.15) is 5.78 Å². The van der Waals surface area contributed by atoms with Crippen LogP contribution in [-0.2, 0) is 58.2 Å². The fraction of sp³-hybridized carbons (Fsp3) is 0.791. The number of amides is 2. The molecular weight excluding hydrogens is 1110 g/mol. The summed E-state index contributed by atoms with van der Waals surface area (Å²) in [5.41, 5.74) is 5.81. The molecule has 3 N–H and O–H groups in total. The van der Waals surface area contributed by atoms with E-state index in [0.29, 0.717) is 57.5 Å². The number of hydrogen-bond donors (Lipinski definition) is 2. The van der Waals surface area contributed by atoms with Crippen molar-refractivity contribution in [3.05, 3.63) is 25.3 Å². The second-order valence-corrected chi connectivity index (χ2v) is 30.6. The third kappa shape index (κ3) is 19.7. The van der Waals surface area contributed by atoms with Crippen LogP contribution in [0.5, 0.6) is 0 Å². The maximum Gasteiger partial charge on any atom is 0.290 e. The number of piperidine rings is 2. The number of rotatable bonds is 18. The SMILES string of the molecule is C=CCCC(=O)C(=O)[C@@H]1CCCCCCCCC[C@H](CC(=O)C[C@H](CN(C)S(=O)(=O)N(C)C)C(C)(C)C)C(=O)N2C[C@H]3[C@@H]([C@H]2C(=O)C1)C3(C)C.C=CCCC(=O)C(=O)[C@@H]1CCCCCCCCC[C@H](N)C(=O)N2C[C@H]3[C@@H]([C@H]2C(=O)C1)C3(C)C.O=CO. The third-order valence-electron chi connectivity index (χ3n) is 20.3. The van der Waals surface area contributed by atoms with Gasteiger partial charge in [-0.2, -0.15) is 17.0 Å². The van der Waals surface area contributed by atoms with E-state index in [-0.39, 0.29) is 121 Å². The van der Waals surface area contributed by atoms with Crippen molar-refractivity contribution in [2.24, 2.45) is 69.3 Å². The summed E-state index contributed by atoms with van der Waals surface area (Å²) in [6.07, 6.45) is 20.4. The van der Waals surface area contributed by atoms with E-state index in [4.69, 9.17) is 15.6 Å². The lowest BCUT2D eigenvalue weighted by Gasteiger charge is -2.35. The van der Waals surface area contributed by atoms with E-state index >= 15 is 0 Å². The molecule has 4 heterocycles. The number of Topliss-reactive ketones (excluding diaryl/α,β-unsaturated/α-hetero) is 7. The van der Waals surface area contributed by atoms with Crippen LogP contribution >= 0.6 is 0 Å². The van der Waals surface area contributed by atoms with Crippen LogP contribution in [0.4, 0.5) is 0 Å². The highest BCUT2D eigenvalue weighted by atomic mass is 32.2. The molecule has 6 rings (SSSR count). The Hall–Kier alpha value is -4.59. The molecule has 2 amide bonds. The summed E-state index contributed by atoms with van der Waals surface area (Å²) in [5.74, 6) is -3.93. The summed E-state index contributed by atoms with van der Waals surface area (Å²) in [6.45, 7) is 22.8. The van der Waals surface area contributed by atoms with E-state index in [9.17, 15) is 51.6 Å². The van der Waals surface area contributed by atoms with Gasteiger partial charge in [0, 0.05) is 97.1 Å². The third-order valence-corrected chi connectivity index (χ3v) is 22.2. The number of carbonyl (C=O) groups excluding carboxylic acids is 9. The van der Waals surface area contributed by atoms with Gasteiger partial charge in [0.15, 0.2) is 23.1 Å². The minimum absolute atomic E-state index is 0.0131. The molecule has 0 radical (unpaired) electrons. The van der Waals surface area contributed by atoms with Crippen LogP contribution in [-0.4, -0.2) is 150 Å². The monoisotopic (exact) mass is 1220 g/mol. The first-order valence-corrected chi connectivity index (χ1v) is 33.8. The number of fused-ring (bicyclic) bond motifs is 6. The van der Waals surface area contributed by atoms with Crippen molar-refractivity contribution >= 4 is 69.0 Å². The van der Waals surface area contributed by atoms with Crippen molar-refractivity contribution in [2.75, 3.05) is 40.8 Å². The Kier molecular flexibility index (Phi) is 28.6. The Balaban J connectivity index is 0.000000379. The minimum atomic E-state index is -3.66. The van der Waals surface area contributed by atoms with Gasteiger partial charge in [-0.25, -0.2) is 0 Å². The van der Waals surface area contributed by atoms with Crippen LogP contribution < -0.4 is 5.73 Å². The Morgan fingerprint density at radius 1 is 0.651 bits per heavy atom. The van der Waals surface area contributed by atoms with Crippen molar-refractivity contribution in [3.63, 3.8) is 0 Å². The normalized spacial score (nSPS) is 28.8. The first kappa shape index (κ1) is 73.9. The number of allylic oxidation sites excluding steroid dienone is 2. The summed E-state index contributed by atoms with van der Waals surface area (Å²) in [4.78, 5) is 133. The molecular formula is C67H109N5O13S. The van der Waals surface area contributed by atoms with Crippen molar-refractivity contribution in [2.45, 2.75) is 234 Å². The first-order chi connectivity index (χ1) is 40.4. The zero-order chi connectivity index (χ0) is 64.5. The van der Waals surface area contributed by atoms with Gasteiger partial charge in [0.05, 0.1) is 18.1 Å². The summed E-state index contributed by atoms with van der Waals surface area (Å²) in [5, 5.41) is 6.89. The molecule has 2 saturated carbocycles. The standard InChI is InChI=1S/C39H65N3O7S.C27H42N2O4.CH2O2/c1-10-11-21-32(44)36(46)27-19-17-15-13-12-14-16-18-20-28(37(47)42-26-31-34(39(31,5)6)35(42)33(45)23-27)22-30(43)24-29(38(2,3)4)25-41(9)50(48,49)40(7)8;1-4-5-15-21(30)25(32)18-13-11-9-7-6-8-10-12-14-20(28)26(33)29-17-19-23(27(19,2)3)24(29)22(31)16-18;2-1-3/h10,27-29,31,34-35H,1,11-26H2,2-9H3;4,18-20,23-24H,1,5-17,28H2,2-3H3;1H,(H,2,3)/t27-,28-,29-,31+,34+,35-;18-,19+,20+,23+,24-;/m11./s1. The zero-order valence-corrected chi connectivity index (χ0v) is 54.9. The molecule has 0 aromatic carbocycles. The van der Waals surface area contributed by atoms with Crippen molar-refractivity contribution in [3.8, 4) is 0 Å². The maximum atomic E-state index is 14.5. The average molecular weight is 1220 g/mol. The summed E-state index contributed by atoms with van der Waals surface area (Å²) >= 11 is 0. The molecule has 18 nitrogen and oxygen atoms in total. The predicted octanol–water partition coefficient (Wildman–Crippen LogP) is 9.74. The number of ketones is 7. The fourth-order valence-electron chi connectivity index (χ4n) is 14.5. The molecule has 6 aliphatic rings. The smallest absolute Gasteiger partial charge is 0.290 e. The quantitative estimate of drug-likeness (QED) is 0.0735. The second kappa shape index (κ2) is 33.3. The van der Waals surface area contributed by atoms with Gasteiger partial charge in [0.25, 0.3) is 16.7 Å². The average Bonchev–Trinajstić information content (AvgIpc) is 1.54. The van der Waals surface area contributed by atoms with Crippen LogP contribution in [0.1, 0.15) is 215 Å². The van der Waals surface area contributed by atoms with Crippen molar-refractivity contribution < 1.29 is 61.5 Å². The number of hydrogen-bond acceptors (Lipinski definition) is 13. The highest BCUT2D eigenvalue weighted by Gasteiger charge is 2.70. The molecule has 4 saturated heterocycles. The van der Waals surface area contributed by atoms with Crippen LogP contribution in [0.25, 0.3) is 0 Å². The molecule has 6 fully saturated rings. The minimum Gasteiger partial charge on any atom is -0.483 e. The molecule has 0 aromatic rings. The van der Waals surface area contributed by atoms with E-state index in [2.05, 4.69) is 40.9 Å². The zero-order valence-electron chi connectivity index (χ0n) is 54.1. The van der Waals surface area contributed by atoms with Gasteiger partial charge in [-0.15, -0.1) is 13.2 Å². The molecule has 0 bridgehead atoms. The number of nitrogens with zero attached hydrogens (tertiary/aromatic N) is 4. The summed E-state index contributed by atoms with van der Waals surface area (Å²) in [6, 6.07) is -1.76. The largest absolute Gasteiger partial charge is 0.483 e. The first-order valence-electron chi connectivity index (χ1n) is 32.4. The Morgan fingerprint density at radius 3 is 1.41 bits per heavy atom. The van der Waals surface area contributed by atoms with Crippen LogP contribution in [0, 0.1) is 63.6 Å². The molecule has 11 atom stereocenters. The van der Waals surface area contributed by atoms with Gasteiger partial charge in [-0.1, -0.05) is 151 Å². The van der Waals surface area contributed by atoms with Crippen LogP contribution in [0.3, 0.4) is 0 Å². The number of carbonyl (C=O) groups is 10. The van der Waals surface area contributed by atoms with Crippen LogP contribution in [0.15, 0.2) is 25.3 Å². The van der Waals surface area contributed by atoms with Gasteiger partial charge in [0.2, 0.25) is 23.4 Å². The highest BCUT2D eigenvalue weighted by molar-refractivity contribution is 7.86. The topological polar surface area (TPSA) is 264 Å². The van der Waals surface area contributed by atoms with Gasteiger partial charge < -0.3 is 20.6 Å². The van der Waals surface area contributed by atoms with Crippen molar-refractivity contribution in [1.82, 2.24) is 18.4 Å². The molecule has 19 heteroatoms. The van der Waals surface area contributed by atoms with E-state index in [1.165, 1.54) is 25.4 Å². The molecule has 4 aliphatic heterocycles. The fourth-order valence-corrected chi connectivity index (χ4v) is 15.4. The molecule has 2 aliphatic carbocycles. The van der Waals surface area contributed by atoms with Crippen molar-refractivity contribution in [1.29, 1.82) is 0 Å². The van der Waals surface area contributed by atoms with Gasteiger partial charge >= 0.3 is 0 Å². The van der Waals surface area contributed by atoms with E-state index in [1.54, 1.807) is 22.0 Å². The van der Waals surface area contributed by atoms with E-state index in [0.717, 1.165) is 94.2 Å². The van der Waals surface area contributed by atoms with E-state index < -0.39 is 69.2 Å². The molecule has 86 heavy (non-hydrogen) atoms. The Morgan fingerprint density at radius 2 is 1.02 bits per heavy atom. The molecule has 0 spiro atoms. The second-order valence-electron chi connectivity index (χ2n) is 28.3. The lowest BCUT2D eigenvalue weighted by molar-refractivity contribution is -0.145. The molecule has 0 unspecified atom stereocenters. The Bertz CT molecular complexity index is 2520. The predicted molar refractivity (Wildman–Crippen MR) is 333 cm³/mol. The lowest BCUT2D eigenvalue weighted by Crippen LogP contribution is -2.52. The highest BCUT2D eigenvalue weighted by Crippen LogP contribution is 2.66. The Labute approximate surface area is 515 Å². The van der Waals surface area contributed by atoms with E-state index in [1.807, 2.05) is 20.8 Å². The number of carboxylic acid groups (broad SMARTS) is 1. The van der Waals surface area contributed by atoms with Gasteiger partial charge in [-0.05, 0) is 84.4 Å². The van der Waals surface area contributed by atoms with Crippen LogP contribution in [0.2, 0.25) is 0 Å². The molecule has 0 aromatic heterocycles. The maximum absolute atomic E-state index is 14.5. The lowest BCUT2D eigenvalue weighted by atomic mass is 9.76. The van der Waals surface area contributed by atoms with Gasteiger partial charge in [-0.3, -0.25) is 47.9 Å². The number of nitrogens with two attached hydrogens (primary N) is 1. The summed E-state index contributed by atoms with van der Waals surface area (Å²) in [7, 11) is 0.823.